The normalized spacial score (nSPS) is 22.6. The van der Waals surface area contributed by atoms with Crippen molar-refractivity contribution < 1.29 is 29.3 Å². The zero-order chi connectivity index (χ0) is 19.4. The number of ether oxygens (including phenoxy) is 1. The molecule has 1 heterocycles. The van der Waals surface area contributed by atoms with Crippen molar-refractivity contribution in [1.82, 2.24) is 10.6 Å². The fourth-order valence-corrected chi connectivity index (χ4v) is 3.02. The van der Waals surface area contributed by atoms with Gasteiger partial charge in [0, 0.05) is 12.5 Å². The molecule has 5 atom stereocenters. The summed E-state index contributed by atoms with van der Waals surface area (Å²) in [5.74, 6) is -1.48. The first kappa shape index (κ1) is 19.8. The van der Waals surface area contributed by atoms with Crippen molar-refractivity contribution in [3.05, 3.63) is 35.4 Å². The predicted molar refractivity (Wildman–Crippen MR) is 91.6 cm³/mol. The molecule has 2 rings (SSSR count). The summed E-state index contributed by atoms with van der Waals surface area (Å²) in [7, 11) is 0. The molecule has 1 aliphatic heterocycles. The summed E-state index contributed by atoms with van der Waals surface area (Å²) in [6.45, 7) is 3.08. The van der Waals surface area contributed by atoms with Crippen molar-refractivity contribution in [3.8, 4) is 0 Å². The van der Waals surface area contributed by atoms with E-state index in [-0.39, 0.29) is 5.78 Å². The standard InChI is InChI=1S/C17H23N3O6/c1-8(18)13(16(22)23)19-9(2)15(21)14-11-6-4-3-5-10(11)7-12(20-14)26-17(24)25/h3-6,8-9,12-14,19-20H,7,18H2,1-2H3,(H,22,23)(H,24,25)/t8?,9-,12?,13?,14?/m0/s1. The van der Waals surface area contributed by atoms with E-state index in [0.29, 0.717) is 12.0 Å². The van der Waals surface area contributed by atoms with Crippen LogP contribution in [-0.4, -0.2) is 52.5 Å². The van der Waals surface area contributed by atoms with Crippen LogP contribution in [0, 0.1) is 0 Å². The average molecular weight is 365 g/mol. The van der Waals surface area contributed by atoms with Gasteiger partial charge in [-0.3, -0.25) is 20.2 Å². The fourth-order valence-electron chi connectivity index (χ4n) is 3.02. The number of hydrogen-bond acceptors (Lipinski definition) is 7. The molecule has 1 aromatic carbocycles. The first-order chi connectivity index (χ1) is 12.2. The first-order valence-corrected chi connectivity index (χ1v) is 8.22. The molecule has 0 aliphatic carbocycles. The highest BCUT2D eigenvalue weighted by molar-refractivity contribution is 5.91. The second kappa shape index (κ2) is 8.26. The fraction of sp³-hybridized carbons (Fsp3) is 0.471. The molecule has 0 radical (unpaired) electrons. The first-order valence-electron chi connectivity index (χ1n) is 8.22. The Kier molecular flexibility index (Phi) is 6.30. The van der Waals surface area contributed by atoms with Gasteiger partial charge in [-0.05, 0) is 25.0 Å². The van der Waals surface area contributed by atoms with Crippen LogP contribution >= 0.6 is 0 Å². The van der Waals surface area contributed by atoms with E-state index in [2.05, 4.69) is 10.6 Å². The minimum absolute atomic E-state index is 0.297. The number of carboxylic acid groups (broad SMARTS) is 2. The monoisotopic (exact) mass is 365 g/mol. The molecule has 9 heteroatoms. The number of fused-ring (bicyclic) bond motifs is 1. The van der Waals surface area contributed by atoms with E-state index in [0.717, 1.165) is 5.56 Å². The minimum atomic E-state index is -1.44. The number of carbonyl (C=O) groups excluding carboxylic acids is 1. The predicted octanol–water partition coefficient (Wildman–Crippen LogP) is 0.242. The Bertz CT molecular complexity index is 693. The molecule has 0 amide bonds. The summed E-state index contributed by atoms with van der Waals surface area (Å²) in [5, 5.41) is 23.7. The number of ketones is 1. The molecule has 0 spiro atoms. The molecule has 0 fully saturated rings. The Morgan fingerprint density at radius 3 is 2.50 bits per heavy atom. The molecule has 0 saturated heterocycles. The number of hydrogen-bond donors (Lipinski definition) is 5. The number of nitrogens with one attached hydrogen (secondary N) is 2. The lowest BCUT2D eigenvalue weighted by Gasteiger charge is -2.33. The third kappa shape index (κ3) is 4.57. The van der Waals surface area contributed by atoms with Gasteiger partial charge in [-0.15, -0.1) is 0 Å². The van der Waals surface area contributed by atoms with E-state index >= 15 is 0 Å². The third-order valence-corrected chi connectivity index (χ3v) is 4.30. The number of carboxylic acids is 1. The van der Waals surface area contributed by atoms with Gasteiger partial charge in [-0.1, -0.05) is 24.3 Å². The van der Waals surface area contributed by atoms with Gasteiger partial charge < -0.3 is 20.7 Å². The topological polar surface area (TPSA) is 151 Å². The number of Topliss-reactive ketones (excluding diaryl/α,β-unsaturated/α-hetero) is 1. The average Bonchev–Trinajstić information content (AvgIpc) is 2.56. The van der Waals surface area contributed by atoms with Crippen molar-refractivity contribution in [3.63, 3.8) is 0 Å². The van der Waals surface area contributed by atoms with Crippen LogP contribution < -0.4 is 16.4 Å². The second-order valence-electron chi connectivity index (χ2n) is 6.34. The van der Waals surface area contributed by atoms with Gasteiger partial charge in [0.05, 0.1) is 12.1 Å². The minimum Gasteiger partial charge on any atom is -0.480 e. The maximum Gasteiger partial charge on any atom is 0.507 e. The molecule has 0 saturated carbocycles. The molecule has 6 N–H and O–H groups in total. The zero-order valence-corrected chi connectivity index (χ0v) is 14.5. The van der Waals surface area contributed by atoms with Crippen LogP contribution in [0.2, 0.25) is 0 Å². The number of rotatable bonds is 7. The Morgan fingerprint density at radius 1 is 1.27 bits per heavy atom. The summed E-state index contributed by atoms with van der Waals surface area (Å²) in [4.78, 5) is 35.1. The van der Waals surface area contributed by atoms with Crippen LogP contribution in [0.4, 0.5) is 4.79 Å². The third-order valence-electron chi connectivity index (χ3n) is 4.30. The Hall–Kier alpha value is -2.49. The van der Waals surface area contributed by atoms with Gasteiger partial charge >= 0.3 is 12.1 Å². The maximum absolute atomic E-state index is 12.9. The van der Waals surface area contributed by atoms with E-state index < -0.39 is 42.5 Å². The van der Waals surface area contributed by atoms with Gasteiger partial charge in [0.1, 0.15) is 6.04 Å². The second-order valence-corrected chi connectivity index (χ2v) is 6.34. The molecule has 0 aromatic heterocycles. The molecule has 142 valence electrons. The van der Waals surface area contributed by atoms with Crippen LogP contribution in [0.3, 0.4) is 0 Å². The number of aliphatic carboxylic acids is 1. The largest absolute Gasteiger partial charge is 0.507 e. The summed E-state index contributed by atoms with van der Waals surface area (Å²) in [6, 6.07) is 3.71. The molecule has 1 aliphatic rings. The van der Waals surface area contributed by atoms with Gasteiger partial charge in [-0.25, -0.2) is 4.79 Å². The van der Waals surface area contributed by atoms with E-state index in [1.807, 2.05) is 0 Å². The molecule has 0 bridgehead atoms. The van der Waals surface area contributed by atoms with E-state index in [1.165, 1.54) is 6.92 Å². The number of benzene rings is 1. The summed E-state index contributed by atoms with van der Waals surface area (Å²) in [6.07, 6.45) is -2.01. The zero-order valence-electron chi connectivity index (χ0n) is 14.5. The van der Waals surface area contributed by atoms with Crippen LogP contribution in [0.25, 0.3) is 0 Å². The SMILES string of the molecule is CC(N)C(N[C@@H](C)C(=O)C1NC(OC(=O)O)Cc2ccccc21)C(=O)O. The molecule has 26 heavy (non-hydrogen) atoms. The molecular formula is C17H23N3O6. The highest BCUT2D eigenvalue weighted by Crippen LogP contribution is 2.27. The van der Waals surface area contributed by atoms with E-state index in [1.54, 1.807) is 31.2 Å². The van der Waals surface area contributed by atoms with E-state index in [4.69, 9.17) is 15.6 Å². The van der Waals surface area contributed by atoms with Crippen molar-refractivity contribution in [2.24, 2.45) is 5.73 Å². The lowest BCUT2D eigenvalue weighted by molar-refractivity contribution is -0.140. The van der Waals surface area contributed by atoms with Gasteiger partial charge in [-0.2, -0.15) is 0 Å². The highest BCUT2D eigenvalue weighted by Gasteiger charge is 2.36. The van der Waals surface area contributed by atoms with Crippen molar-refractivity contribution in [1.29, 1.82) is 0 Å². The molecular weight excluding hydrogens is 342 g/mol. The molecule has 4 unspecified atom stereocenters. The number of carbonyl (C=O) groups is 3. The van der Waals surface area contributed by atoms with Gasteiger partial charge in [0.15, 0.2) is 12.0 Å². The van der Waals surface area contributed by atoms with Crippen LogP contribution in [0.5, 0.6) is 0 Å². The lowest BCUT2D eigenvalue weighted by atomic mass is 9.89. The van der Waals surface area contributed by atoms with Crippen molar-refractivity contribution >= 4 is 17.9 Å². The molecule has 1 aromatic rings. The van der Waals surface area contributed by atoms with Crippen molar-refractivity contribution in [2.75, 3.05) is 0 Å². The highest BCUT2D eigenvalue weighted by atomic mass is 16.7. The quantitative estimate of drug-likeness (QED) is 0.428. The summed E-state index contributed by atoms with van der Waals surface area (Å²) < 4.78 is 4.78. The number of nitrogens with two attached hydrogens (primary N) is 1. The van der Waals surface area contributed by atoms with Crippen LogP contribution in [0.15, 0.2) is 24.3 Å². The molecule has 9 nitrogen and oxygen atoms in total. The Balaban J connectivity index is 2.22. The summed E-state index contributed by atoms with van der Waals surface area (Å²) >= 11 is 0. The van der Waals surface area contributed by atoms with Gasteiger partial charge in [0.2, 0.25) is 0 Å². The Morgan fingerprint density at radius 2 is 1.92 bits per heavy atom. The van der Waals surface area contributed by atoms with Crippen LogP contribution in [0.1, 0.15) is 31.0 Å². The van der Waals surface area contributed by atoms with E-state index in [9.17, 15) is 19.5 Å². The maximum atomic E-state index is 12.9. The van der Waals surface area contributed by atoms with Gasteiger partial charge in [0.25, 0.3) is 0 Å². The van der Waals surface area contributed by atoms with Crippen molar-refractivity contribution in [2.45, 2.75) is 50.7 Å². The lowest BCUT2D eigenvalue weighted by Crippen LogP contribution is -2.56. The summed E-state index contributed by atoms with van der Waals surface area (Å²) in [5.41, 5.74) is 7.17. The Labute approximate surface area is 150 Å². The smallest absolute Gasteiger partial charge is 0.480 e. The van der Waals surface area contributed by atoms with Crippen LogP contribution in [-0.2, 0) is 20.7 Å².